The maximum atomic E-state index is 13.0. The summed E-state index contributed by atoms with van der Waals surface area (Å²) < 4.78 is 10.7. The Kier molecular flexibility index (Phi) is 6.67. The Balaban J connectivity index is 1.42. The van der Waals surface area contributed by atoms with Crippen LogP contribution in [-0.2, 0) is 6.42 Å². The number of rotatable bonds is 7. The summed E-state index contributed by atoms with van der Waals surface area (Å²) in [5.74, 6) is 0.527. The van der Waals surface area contributed by atoms with Gasteiger partial charge < -0.3 is 14.8 Å². The summed E-state index contributed by atoms with van der Waals surface area (Å²) in [6, 6.07) is 8.57. The predicted molar refractivity (Wildman–Crippen MR) is 124 cm³/mol. The van der Waals surface area contributed by atoms with Crippen LogP contribution >= 0.6 is 0 Å². The van der Waals surface area contributed by atoms with Crippen molar-refractivity contribution in [3.63, 3.8) is 0 Å². The third-order valence-electron chi connectivity index (χ3n) is 6.64. The van der Waals surface area contributed by atoms with Crippen molar-refractivity contribution in [1.29, 1.82) is 0 Å². The molecule has 0 bridgehead atoms. The number of amides is 3. The van der Waals surface area contributed by atoms with Crippen molar-refractivity contribution in [3.05, 3.63) is 58.1 Å². The van der Waals surface area contributed by atoms with Crippen LogP contribution in [0.2, 0.25) is 0 Å². The first kappa shape index (κ1) is 22.8. The topological polar surface area (TPSA) is 84.9 Å². The Hall–Kier alpha value is -3.35. The van der Waals surface area contributed by atoms with Crippen LogP contribution in [0.25, 0.3) is 0 Å². The Bertz CT molecular complexity index is 1090. The summed E-state index contributed by atoms with van der Waals surface area (Å²) in [6.07, 6.45) is 5.54. The van der Waals surface area contributed by atoms with Gasteiger partial charge in [-0.15, -0.1) is 0 Å². The van der Waals surface area contributed by atoms with Crippen LogP contribution in [0.1, 0.15) is 74.3 Å². The van der Waals surface area contributed by atoms with Gasteiger partial charge in [-0.1, -0.05) is 19.3 Å². The number of nitrogens with one attached hydrogen (secondary N) is 1. The number of imide groups is 1. The third-order valence-corrected chi connectivity index (χ3v) is 6.64. The average Bonchev–Trinajstić information content (AvgIpc) is 3.09. The summed E-state index contributed by atoms with van der Waals surface area (Å²) in [5.41, 5.74) is 3.19. The number of hydrogen-bond acceptors (Lipinski definition) is 5. The molecule has 3 amide bonds. The van der Waals surface area contributed by atoms with E-state index < -0.39 is 0 Å². The molecule has 0 aromatic heterocycles. The summed E-state index contributed by atoms with van der Waals surface area (Å²) in [6.45, 7) is 2.41. The van der Waals surface area contributed by atoms with E-state index in [1.165, 1.54) is 4.90 Å². The lowest BCUT2D eigenvalue weighted by Crippen LogP contribution is -2.40. The molecule has 1 N–H and O–H groups in total. The molecule has 1 fully saturated rings. The maximum absolute atomic E-state index is 13.0. The number of nitrogens with zero attached hydrogens (tertiary/aromatic N) is 1. The molecular formula is C26H30N2O5. The molecule has 0 spiro atoms. The minimum atomic E-state index is -0.280. The molecule has 1 aliphatic heterocycles. The molecule has 1 aliphatic carbocycles. The van der Waals surface area contributed by atoms with Crippen molar-refractivity contribution in [2.45, 2.75) is 51.5 Å². The second kappa shape index (κ2) is 9.65. The van der Waals surface area contributed by atoms with Gasteiger partial charge >= 0.3 is 0 Å². The molecule has 0 atom stereocenters. The highest BCUT2D eigenvalue weighted by Gasteiger charge is 2.40. The van der Waals surface area contributed by atoms with E-state index in [4.69, 9.17) is 9.47 Å². The van der Waals surface area contributed by atoms with E-state index in [9.17, 15) is 14.4 Å². The minimum Gasteiger partial charge on any atom is -0.493 e. The highest BCUT2D eigenvalue weighted by molar-refractivity contribution is 6.22. The molecule has 0 radical (unpaired) electrons. The number of hydrogen-bond donors (Lipinski definition) is 1. The first-order valence-electron chi connectivity index (χ1n) is 11.5. The molecule has 2 aromatic rings. The van der Waals surface area contributed by atoms with Gasteiger partial charge in [-0.25, -0.2) is 0 Å². The molecule has 1 heterocycles. The van der Waals surface area contributed by atoms with Gasteiger partial charge in [0.05, 0.1) is 25.3 Å². The number of carbonyl (C=O) groups excluding carboxylic acids is 3. The number of methoxy groups -OCH3 is 2. The molecule has 0 saturated heterocycles. The molecule has 1 saturated carbocycles. The Morgan fingerprint density at radius 1 is 0.970 bits per heavy atom. The van der Waals surface area contributed by atoms with Gasteiger partial charge in [0.25, 0.3) is 17.7 Å². The summed E-state index contributed by atoms with van der Waals surface area (Å²) in [4.78, 5) is 40.0. The van der Waals surface area contributed by atoms with Crippen molar-refractivity contribution in [2.75, 3.05) is 20.8 Å². The number of benzene rings is 2. The lowest BCUT2D eigenvalue weighted by atomic mass is 9.94. The van der Waals surface area contributed by atoms with Crippen molar-refractivity contribution >= 4 is 17.7 Å². The molecular weight excluding hydrogens is 420 g/mol. The van der Waals surface area contributed by atoms with Crippen molar-refractivity contribution in [2.24, 2.45) is 0 Å². The minimum absolute atomic E-state index is 0.0341. The number of aryl methyl sites for hydroxylation is 1. The van der Waals surface area contributed by atoms with Gasteiger partial charge in [-0.05, 0) is 67.6 Å². The van der Waals surface area contributed by atoms with Crippen LogP contribution in [0.15, 0.2) is 30.3 Å². The van der Waals surface area contributed by atoms with E-state index >= 15 is 0 Å². The molecule has 33 heavy (non-hydrogen) atoms. The monoisotopic (exact) mass is 450 g/mol. The van der Waals surface area contributed by atoms with Gasteiger partial charge in [0, 0.05) is 18.2 Å². The molecule has 2 aromatic carbocycles. The number of carbonyl (C=O) groups is 3. The van der Waals surface area contributed by atoms with E-state index in [-0.39, 0.29) is 23.8 Å². The van der Waals surface area contributed by atoms with E-state index in [1.807, 2.05) is 19.1 Å². The fourth-order valence-corrected chi connectivity index (χ4v) is 4.78. The van der Waals surface area contributed by atoms with Gasteiger partial charge in [0.15, 0.2) is 11.5 Å². The SMILES string of the molecule is COc1cc(C)c(CCNC(=O)c2ccc3c(c2)C(=O)N(C2CCCCC2)C3=O)cc1OC. The molecule has 174 valence electrons. The quantitative estimate of drug-likeness (QED) is 0.647. The zero-order chi connectivity index (χ0) is 23.5. The van der Waals surface area contributed by atoms with Gasteiger partial charge in [-0.2, -0.15) is 0 Å². The normalized spacial score (nSPS) is 16.0. The molecule has 4 rings (SSSR count). The number of ether oxygens (including phenoxy) is 2. The molecule has 2 aliphatic rings. The van der Waals surface area contributed by atoms with Crippen LogP contribution < -0.4 is 14.8 Å². The van der Waals surface area contributed by atoms with Gasteiger partial charge in [-0.3, -0.25) is 19.3 Å². The zero-order valence-corrected chi connectivity index (χ0v) is 19.4. The largest absolute Gasteiger partial charge is 0.493 e. The van der Waals surface area contributed by atoms with Crippen LogP contribution in [0.3, 0.4) is 0 Å². The summed E-state index contributed by atoms with van der Waals surface area (Å²) in [7, 11) is 3.19. The first-order chi connectivity index (χ1) is 15.9. The maximum Gasteiger partial charge on any atom is 0.261 e. The van der Waals surface area contributed by atoms with E-state index in [1.54, 1.807) is 32.4 Å². The predicted octanol–water partition coefficient (Wildman–Crippen LogP) is 3.91. The summed E-state index contributed by atoms with van der Waals surface area (Å²) >= 11 is 0. The Morgan fingerprint density at radius 3 is 2.33 bits per heavy atom. The lowest BCUT2D eigenvalue weighted by Gasteiger charge is -2.29. The van der Waals surface area contributed by atoms with Crippen LogP contribution in [0, 0.1) is 6.92 Å². The molecule has 7 nitrogen and oxygen atoms in total. The smallest absolute Gasteiger partial charge is 0.261 e. The van der Waals surface area contributed by atoms with Crippen molar-refractivity contribution in [3.8, 4) is 11.5 Å². The summed E-state index contributed by atoms with van der Waals surface area (Å²) in [5, 5.41) is 2.91. The fourth-order valence-electron chi connectivity index (χ4n) is 4.78. The average molecular weight is 451 g/mol. The highest BCUT2D eigenvalue weighted by Crippen LogP contribution is 2.32. The van der Waals surface area contributed by atoms with Crippen LogP contribution in [0.4, 0.5) is 0 Å². The molecule has 0 unspecified atom stereocenters. The van der Waals surface area contributed by atoms with Crippen molar-refractivity contribution in [1.82, 2.24) is 10.2 Å². The van der Waals surface area contributed by atoms with E-state index in [2.05, 4.69) is 5.32 Å². The van der Waals surface area contributed by atoms with Gasteiger partial charge in [0.2, 0.25) is 0 Å². The standard InChI is InChI=1S/C26H30N2O5/c1-16-13-22(32-2)23(33-3)15-17(16)11-12-27-24(29)18-9-10-20-21(14-18)26(31)28(25(20)30)19-7-5-4-6-8-19/h9-10,13-15,19H,4-8,11-12H2,1-3H3,(H,27,29). The number of fused-ring (bicyclic) bond motifs is 1. The van der Waals surface area contributed by atoms with E-state index in [0.717, 1.165) is 43.2 Å². The van der Waals surface area contributed by atoms with Crippen LogP contribution in [0.5, 0.6) is 11.5 Å². The second-order valence-electron chi connectivity index (χ2n) is 8.67. The fraction of sp³-hybridized carbons (Fsp3) is 0.423. The van der Waals surface area contributed by atoms with Gasteiger partial charge in [0.1, 0.15) is 0 Å². The Morgan fingerprint density at radius 2 is 1.64 bits per heavy atom. The van der Waals surface area contributed by atoms with E-state index in [0.29, 0.717) is 41.2 Å². The van der Waals surface area contributed by atoms with Crippen LogP contribution in [-0.4, -0.2) is 49.4 Å². The zero-order valence-electron chi connectivity index (χ0n) is 19.4. The first-order valence-corrected chi connectivity index (χ1v) is 11.5. The van der Waals surface area contributed by atoms with Crippen molar-refractivity contribution < 1.29 is 23.9 Å². The highest BCUT2D eigenvalue weighted by atomic mass is 16.5. The molecule has 7 heteroatoms. The lowest BCUT2D eigenvalue weighted by molar-refractivity contribution is 0.0548. The second-order valence-corrected chi connectivity index (χ2v) is 8.67. The Labute approximate surface area is 194 Å². The third kappa shape index (κ3) is 4.45.